The molecule has 2 aliphatic heterocycles. The summed E-state index contributed by atoms with van der Waals surface area (Å²) in [7, 11) is 0. The average molecular weight is 552 g/mol. The number of halogens is 3. The normalized spacial score (nSPS) is 21.9. The molecular weight excluding hydrogens is 520 g/mol. The summed E-state index contributed by atoms with van der Waals surface area (Å²) >= 11 is 5.90. The molecule has 204 valence electrons. The van der Waals surface area contributed by atoms with E-state index >= 15 is 0 Å². The van der Waals surface area contributed by atoms with E-state index in [1.807, 2.05) is 36.4 Å². The molecule has 0 radical (unpaired) electrons. The Labute approximate surface area is 232 Å². The first kappa shape index (κ1) is 27.3. The molecule has 3 heterocycles. The van der Waals surface area contributed by atoms with Crippen LogP contribution in [-0.2, 0) is 4.79 Å². The molecule has 5 rings (SSSR count). The zero-order valence-electron chi connectivity index (χ0n) is 22.0. The van der Waals surface area contributed by atoms with Crippen molar-refractivity contribution < 1.29 is 18.7 Å². The fourth-order valence-electron chi connectivity index (χ4n) is 5.77. The lowest BCUT2D eigenvalue weighted by atomic mass is 9.86. The lowest BCUT2D eigenvalue weighted by molar-refractivity contribution is -0.129. The van der Waals surface area contributed by atoms with Crippen LogP contribution in [-0.4, -0.2) is 33.7 Å². The van der Waals surface area contributed by atoms with Gasteiger partial charge in [-0.15, -0.1) is 0 Å². The Hall–Kier alpha value is -3.29. The molecule has 8 heteroatoms. The summed E-state index contributed by atoms with van der Waals surface area (Å²) in [6.45, 7) is 4.49. The van der Waals surface area contributed by atoms with Crippen LogP contribution in [0.5, 0.6) is 0 Å². The number of nitrogens with one attached hydrogen (secondary N) is 1. The summed E-state index contributed by atoms with van der Waals surface area (Å²) in [5, 5.41) is 14.3. The lowest BCUT2D eigenvalue weighted by Gasteiger charge is -2.35. The van der Waals surface area contributed by atoms with Crippen LogP contribution in [0.3, 0.4) is 0 Å². The van der Waals surface area contributed by atoms with Gasteiger partial charge in [0.1, 0.15) is 12.0 Å². The minimum absolute atomic E-state index is 0.00164. The van der Waals surface area contributed by atoms with Gasteiger partial charge in [0.15, 0.2) is 5.82 Å². The van der Waals surface area contributed by atoms with Crippen molar-refractivity contribution in [1.29, 1.82) is 0 Å². The topological polar surface area (TPSA) is 65.5 Å². The number of carbonyl (C=O) groups is 1. The van der Waals surface area contributed by atoms with Crippen molar-refractivity contribution in [2.75, 3.05) is 11.9 Å². The summed E-state index contributed by atoms with van der Waals surface area (Å²) < 4.78 is 29.2. The second-order valence-electron chi connectivity index (χ2n) is 10.6. The van der Waals surface area contributed by atoms with Crippen molar-refractivity contribution in [1.82, 2.24) is 9.88 Å². The molecule has 2 bridgehead atoms. The number of carbonyl (C=O) groups excluding carboxylic acids is 1. The molecule has 0 saturated heterocycles. The summed E-state index contributed by atoms with van der Waals surface area (Å²) in [4.78, 5) is 19.9. The molecule has 2 N–H and O–H groups in total. The zero-order valence-corrected chi connectivity index (χ0v) is 22.8. The van der Waals surface area contributed by atoms with Crippen LogP contribution in [0.25, 0.3) is 16.7 Å². The standard InChI is InChI=1S/C31H32ClF2N3O2/c1-18(2)21-7-5-9-27(26-16-19(12-14-35-26)22-6-3-4-8-25(22)36-31(21)39)37-15-13-20(17-28(37)38)29-24(33)11-10-23(32)30(29)34/h3-4,6,8,10-12,14,16-18,21,27,31,36,39H,5,7,9,13,15H2,1-2H3/t21-,27-,31?/m0/s1. The van der Waals surface area contributed by atoms with E-state index in [1.165, 1.54) is 12.1 Å². The maximum absolute atomic E-state index is 14.7. The van der Waals surface area contributed by atoms with E-state index in [4.69, 9.17) is 11.6 Å². The minimum Gasteiger partial charge on any atom is -0.374 e. The summed E-state index contributed by atoms with van der Waals surface area (Å²) in [6, 6.07) is 13.7. The van der Waals surface area contributed by atoms with Crippen LogP contribution < -0.4 is 5.32 Å². The van der Waals surface area contributed by atoms with Crippen molar-refractivity contribution in [3.05, 3.63) is 88.7 Å². The average Bonchev–Trinajstić information content (AvgIpc) is 2.91. The number of fused-ring (bicyclic) bond motifs is 4. The second kappa shape index (κ2) is 11.4. The van der Waals surface area contributed by atoms with Gasteiger partial charge in [0.05, 0.1) is 22.3 Å². The molecular formula is C31H32ClF2N3O2. The summed E-state index contributed by atoms with van der Waals surface area (Å²) in [5.41, 5.74) is 3.50. The molecule has 0 saturated carbocycles. The number of aromatic nitrogens is 1. The van der Waals surface area contributed by atoms with Crippen molar-refractivity contribution >= 4 is 28.8 Å². The highest BCUT2D eigenvalue weighted by Gasteiger charge is 2.32. The van der Waals surface area contributed by atoms with Crippen molar-refractivity contribution in [3.8, 4) is 11.1 Å². The number of aliphatic hydroxyl groups is 1. The monoisotopic (exact) mass is 551 g/mol. The van der Waals surface area contributed by atoms with Crippen LogP contribution in [0.2, 0.25) is 5.02 Å². The Bertz CT molecular complexity index is 1410. The van der Waals surface area contributed by atoms with E-state index in [-0.39, 0.29) is 40.8 Å². The molecule has 0 fully saturated rings. The molecule has 3 aromatic rings. The fourth-order valence-corrected chi connectivity index (χ4v) is 5.93. The Kier molecular flexibility index (Phi) is 8.01. The molecule has 1 aromatic heterocycles. The summed E-state index contributed by atoms with van der Waals surface area (Å²) in [6.07, 6.45) is 4.78. The Morgan fingerprint density at radius 1 is 1.13 bits per heavy atom. The van der Waals surface area contributed by atoms with Crippen LogP contribution in [0.4, 0.5) is 14.5 Å². The SMILES string of the molecule is CC(C)[C@@H]1CCC[C@H](N2CCC(c3c(F)ccc(Cl)c3F)=CC2=O)c2cc(ccn2)-c2ccccc2NC1O. The lowest BCUT2D eigenvalue weighted by Crippen LogP contribution is -2.38. The molecule has 5 nitrogen and oxygen atoms in total. The molecule has 1 unspecified atom stereocenters. The van der Waals surface area contributed by atoms with Gasteiger partial charge in [0, 0.05) is 36.0 Å². The fraction of sp³-hybridized carbons (Fsp3) is 0.355. The van der Waals surface area contributed by atoms with Gasteiger partial charge in [-0.1, -0.05) is 50.1 Å². The van der Waals surface area contributed by atoms with Gasteiger partial charge in [-0.25, -0.2) is 8.78 Å². The molecule has 2 aromatic carbocycles. The number of hydrogen-bond donors (Lipinski definition) is 2. The Balaban J connectivity index is 1.53. The minimum atomic E-state index is -0.852. The van der Waals surface area contributed by atoms with Crippen molar-refractivity contribution in [3.63, 3.8) is 0 Å². The number of pyridine rings is 1. The third kappa shape index (κ3) is 5.56. The Morgan fingerprint density at radius 3 is 2.69 bits per heavy atom. The number of para-hydroxylation sites is 1. The van der Waals surface area contributed by atoms with E-state index < -0.39 is 17.9 Å². The molecule has 0 aliphatic carbocycles. The van der Waals surface area contributed by atoms with E-state index in [9.17, 15) is 18.7 Å². The third-order valence-corrected chi connectivity index (χ3v) is 8.18. The maximum atomic E-state index is 14.7. The molecule has 0 spiro atoms. The Morgan fingerprint density at radius 2 is 1.92 bits per heavy atom. The number of anilines is 1. The highest BCUT2D eigenvalue weighted by atomic mass is 35.5. The van der Waals surface area contributed by atoms with Gasteiger partial charge in [0.2, 0.25) is 5.91 Å². The highest BCUT2D eigenvalue weighted by Crippen LogP contribution is 2.38. The van der Waals surface area contributed by atoms with Gasteiger partial charge >= 0.3 is 0 Å². The van der Waals surface area contributed by atoms with Crippen LogP contribution in [0, 0.1) is 23.5 Å². The number of hydrogen-bond acceptors (Lipinski definition) is 4. The van der Waals surface area contributed by atoms with Gasteiger partial charge < -0.3 is 15.3 Å². The predicted octanol–water partition coefficient (Wildman–Crippen LogP) is 7.22. The number of rotatable bonds is 3. The number of nitrogens with zero attached hydrogens (tertiary/aromatic N) is 2. The largest absolute Gasteiger partial charge is 0.374 e. The van der Waals surface area contributed by atoms with E-state index in [0.717, 1.165) is 41.4 Å². The third-order valence-electron chi connectivity index (χ3n) is 7.88. The highest BCUT2D eigenvalue weighted by molar-refractivity contribution is 6.31. The number of benzene rings is 2. The molecule has 1 amide bonds. The van der Waals surface area contributed by atoms with Gasteiger partial charge in [-0.05, 0) is 66.6 Å². The first-order chi connectivity index (χ1) is 18.7. The quantitative estimate of drug-likeness (QED) is 0.337. The maximum Gasteiger partial charge on any atom is 0.247 e. The van der Waals surface area contributed by atoms with Crippen LogP contribution in [0.1, 0.15) is 56.8 Å². The first-order valence-corrected chi connectivity index (χ1v) is 13.8. The van der Waals surface area contributed by atoms with E-state index in [1.54, 1.807) is 11.1 Å². The van der Waals surface area contributed by atoms with Gasteiger partial charge in [-0.3, -0.25) is 9.78 Å². The molecule has 3 atom stereocenters. The van der Waals surface area contributed by atoms with E-state index in [2.05, 4.69) is 24.1 Å². The molecule has 2 aliphatic rings. The van der Waals surface area contributed by atoms with Crippen molar-refractivity contribution in [2.45, 2.75) is 51.8 Å². The predicted molar refractivity (Wildman–Crippen MR) is 150 cm³/mol. The first-order valence-electron chi connectivity index (χ1n) is 13.4. The molecule has 39 heavy (non-hydrogen) atoms. The van der Waals surface area contributed by atoms with Gasteiger partial charge in [0.25, 0.3) is 0 Å². The van der Waals surface area contributed by atoms with Crippen LogP contribution in [0.15, 0.2) is 60.8 Å². The van der Waals surface area contributed by atoms with Crippen LogP contribution >= 0.6 is 11.6 Å². The summed E-state index contributed by atoms with van der Waals surface area (Å²) in [5.74, 6) is -1.67. The number of aliphatic hydroxyl groups excluding tert-OH is 1. The zero-order chi connectivity index (χ0) is 27.7. The van der Waals surface area contributed by atoms with Gasteiger partial charge in [-0.2, -0.15) is 0 Å². The smallest absolute Gasteiger partial charge is 0.247 e. The second-order valence-corrected chi connectivity index (χ2v) is 11.0. The van der Waals surface area contributed by atoms with E-state index in [0.29, 0.717) is 18.5 Å². The number of amides is 1. The van der Waals surface area contributed by atoms with Crippen molar-refractivity contribution in [2.24, 2.45) is 11.8 Å².